The fraction of sp³-hybridized carbons (Fsp3) is 0.381. The van der Waals surface area contributed by atoms with Crippen LogP contribution in [-0.2, 0) is 5.41 Å². The zero-order chi connectivity index (χ0) is 23.0. The van der Waals surface area contributed by atoms with E-state index in [4.69, 9.17) is 16.3 Å². The number of aliphatic hydroxyl groups is 1. The molecule has 10 heteroatoms. The summed E-state index contributed by atoms with van der Waals surface area (Å²) in [5, 5.41) is 20.4. The molecule has 5 nitrogen and oxygen atoms in total. The number of nitrogens with one attached hydrogen (secondary N) is 2. The fourth-order valence-corrected chi connectivity index (χ4v) is 3.83. The number of H-pyrrole nitrogens is 1. The Morgan fingerprint density at radius 3 is 2.58 bits per heavy atom. The van der Waals surface area contributed by atoms with Crippen molar-refractivity contribution in [3.8, 4) is 5.75 Å². The van der Waals surface area contributed by atoms with E-state index in [1.54, 1.807) is 18.2 Å². The molecule has 2 aromatic carbocycles. The van der Waals surface area contributed by atoms with Crippen LogP contribution in [0.25, 0.3) is 10.9 Å². The maximum absolute atomic E-state index is 14.1. The molecule has 0 spiro atoms. The Bertz CT molecular complexity index is 1080. The van der Waals surface area contributed by atoms with Gasteiger partial charge in [0.25, 0.3) is 0 Å². The maximum Gasteiger partial charge on any atom is 0.418 e. The van der Waals surface area contributed by atoms with E-state index >= 15 is 0 Å². The molecule has 0 saturated heterocycles. The SMILES string of the molecule is COc1cc(Cl)c(F)cc1C(C)(C)CC(O)(CNc1cccc2[nH]ncc12)C(F)(F)F. The van der Waals surface area contributed by atoms with Crippen molar-refractivity contribution in [2.75, 3.05) is 19.0 Å². The maximum atomic E-state index is 14.1. The van der Waals surface area contributed by atoms with Crippen LogP contribution < -0.4 is 10.1 Å². The molecule has 1 aromatic heterocycles. The molecular formula is C21H22ClF4N3O2. The number of aromatic amines is 1. The van der Waals surface area contributed by atoms with Crippen LogP contribution in [0.3, 0.4) is 0 Å². The predicted octanol–water partition coefficient (Wildman–Crippen LogP) is 5.44. The zero-order valence-corrected chi connectivity index (χ0v) is 17.8. The molecule has 0 bridgehead atoms. The van der Waals surface area contributed by atoms with Gasteiger partial charge in [-0.2, -0.15) is 18.3 Å². The number of nitrogens with zero attached hydrogens (tertiary/aromatic N) is 1. The van der Waals surface area contributed by atoms with E-state index in [1.165, 1.54) is 33.2 Å². The molecular weight excluding hydrogens is 438 g/mol. The minimum atomic E-state index is -4.96. The van der Waals surface area contributed by atoms with Crippen LogP contribution >= 0.6 is 11.6 Å². The number of hydrogen-bond acceptors (Lipinski definition) is 4. The van der Waals surface area contributed by atoms with Crippen LogP contribution in [0.1, 0.15) is 25.8 Å². The molecule has 1 atom stereocenters. The molecule has 1 heterocycles. The molecule has 0 aliphatic rings. The van der Waals surface area contributed by atoms with Crippen LogP contribution in [0.15, 0.2) is 36.5 Å². The van der Waals surface area contributed by atoms with E-state index in [0.717, 1.165) is 6.07 Å². The molecule has 0 radical (unpaired) electrons. The van der Waals surface area contributed by atoms with E-state index < -0.39 is 36.0 Å². The average molecular weight is 460 g/mol. The Kier molecular flexibility index (Phi) is 6.12. The van der Waals surface area contributed by atoms with Crippen molar-refractivity contribution in [2.45, 2.75) is 37.5 Å². The summed E-state index contributed by atoms with van der Waals surface area (Å²) in [4.78, 5) is 0. The smallest absolute Gasteiger partial charge is 0.418 e. The van der Waals surface area contributed by atoms with E-state index in [9.17, 15) is 22.7 Å². The highest BCUT2D eigenvalue weighted by Gasteiger charge is 2.56. The summed E-state index contributed by atoms with van der Waals surface area (Å²) in [6.45, 7) is 2.14. The van der Waals surface area contributed by atoms with E-state index in [2.05, 4.69) is 15.5 Å². The number of methoxy groups -OCH3 is 1. The third-order valence-electron chi connectivity index (χ3n) is 5.29. The molecule has 168 valence electrons. The molecule has 0 aliphatic carbocycles. The second kappa shape index (κ2) is 8.20. The summed E-state index contributed by atoms with van der Waals surface area (Å²) in [6, 6.07) is 7.22. The number of benzene rings is 2. The summed E-state index contributed by atoms with van der Waals surface area (Å²) in [7, 11) is 1.31. The average Bonchev–Trinajstić information content (AvgIpc) is 3.16. The Balaban J connectivity index is 1.93. The Morgan fingerprint density at radius 1 is 1.23 bits per heavy atom. The first kappa shape index (κ1) is 23.1. The van der Waals surface area contributed by atoms with Crippen molar-refractivity contribution in [2.24, 2.45) is 0 Å². The normalized spacial score (nSPS) is 14.5. The number of ether oxygens (including phenoxy) is 1. The number of rotatable bonds is 7. The Hall–Kier alpha value is -2.52. The number of anilines is 1. The van der Waals surface area contributed by atoms with Gasteiger partial charge in [0, 0.05) is 22.7 Å². The number of halogens is 5. The Labute approximate surface area is 181 Å². The molecule has 0 aliphatic heterocycles. The summed E-state index contributed by atoms with van der Waals surface area (Å²) in [5.41, 5.74) is -3.24. The van der Waals surface area contributed by atoms with Gasteiger partial charge in [0.2, 0.25) is 0 Å². The standard InChI is InChI=1S/C21H22ClF4N3O2/c1-19(2,13-7-15(23)14(22)8-18(13)31-3)10-20(30,21(24,25)26)11-27-16-5-4-6-17-12(16)9-28-29-17/h4-9,27,30H,10-11H2,1-3H3,(H,28,29). The first-order valence-corrected chi connectivity index (χ1v) is 9.74. The van der Waals surface area contributed by atoms with Gasteiger partial charge in [0.1, 0.15) is 11.6 Å². The van der Waals surface area contributed by atoms with Crippen molar-refractivity contribution in [1.29, 1.82) is 0 Å². The third-order valence-corrected chi connectivity index (χ3v) is 5.58. The highest BCUT2D eigenvalue weighted by Crippen LogP contribution is 2.44. The van der Waals surface area contributed by atoms with Gasteiger partial charge < -0.3 is 15.2 Å². The lowest BCUT2D eigenvalue weighted by atomic mass is 9.74. The number of alkyl halides is 3. The fourth-order valence-electron chi connectivity index (χ4n) is 3.68. The molecule has 3 N–H and O–H groups in total. The first-order chi connectivity index (χ1) is 14.4. The van der Waals surface area contributed by atoms with E-state index in [1.807, 2.05) is 0 Å². The minimum absolute atomic E-state index is 0.136. The van der Waals surface area contributed by atoms with Gasteiger partial charge in [0.15, 0.2) is 5.60 Å². The van der Waals surface area contributed by atoms with Crippen molar-refractivity contribution in [3.63, 3.8) is 0 Å². The van der Waals surface area contributed by atoms with Crippen molar-refractivity contribution < 1.29 is 27.4 Å². The molecule has 0 fully saturated rings. The third kappa shape index (κ3) is 4.57. The lowest BCUT2D eigenvalue weighted by Gasteiger charge is -2.38. The predicted molar refractivity (Wildman–Crippen MR) is 111 cm³/mol. The van der Waals surface area contributed by atoms with Crippen LogP contribution in [-0.4, -0.2) is 40.7 Å². The monoisotopic (exact) mass is 459 g/mol. The van der Waals surface area contributed by atoms with Crippen LogP contribution in [0, 0.1) is 5.82 Å². The van der Waals surface area contributed by atoms with Crippen LogP contribution in [0.4, 0.5) is 23.2 Å². The molecule has 0 saturated carbocycles. The van der Waals surface area contributed by atoms with Gasteiger partial charge in [-0.1, -0.05) is 31.5 Å². The van der Waals surface area contributed by atoms with Crippen LogP contribution in [0.5, 0.6) is 5.75 Å². The second-order valence-corrected chi connectivity index (χ2v) is 8.45. The van der Waals surface area contributed by atoms with Crippen LogP contribution in [0.2, 0.25) is 5.02 Å². The summed E-state index contributed by atoms with van der Waals surface area (Å²) < 4.78 is 61.3. The largest absolute Gasteiger partial charge is 0.496 e. The summed E-state index contributed by atoms with van der Waals surface area (Å²) in [6.07, 6.45) is -4.23. The zero-order valence-electron chi connectivity index (χ0n) is 17.1. The molecule has 3 rings (SSSR count). The van der Waals surface area contributed by atoms with Gasteiger partial charge in [-0.15, -0.1) is 0 Å². The van der Waals surface area contributed by atoms with E-state index in [0.29, 0.717) is 16.6 Å². The van der Waals surface area contributed by atoms with Crippen molar-refractivity contribution in [1.82, 2.24) is 10.2 Å². The summed E-state index contributed by atoms with van der Waals surface area (Å²) >= 11 is 5.77. The Morgan fingerprint density at radius 2 is 1.94 bits per heavy atom. The van der Waals surface area contributed by atoms with Gasteiger partial charge in [0.05, 0.1) is 30.4 Å². The number of hydrogen-bond donors (Lipinski definition) is 3. The van der Waals surface area contributed by atoms with Gasteiger partial charge in [-0.3, -0.25) is 5.10 Å². The number of fused-ring (bicyclic) bond motifs is 1. The van der Waals surface area contributed by atoms with Gasteiger partial charge in [-0.05, 0) is 30.0 Å². The molecule has 1 unspecified atom stereocenters. The summed E-state index contributed by atoms with van der Waals surface area (Å²) in [5.74, 6) is -0.650. The highest BCUT2D eigenvalue weighted by molar-refractivity contribution is 6.30. The molecule has 31 heavy (non-hydrogen) atoms. The first-order valence-electron chi connectivity index (χ1n) is 9.36. The number of aromatic nitrogens is 2. The lowest BCUT2D eigenvalue weighted by molar-refractivity contribution is -0.260. The van der Waals surface area contributed by atoms with Crippen molar-refractivity contribution >= 4 is 28.2 Å². The second-order valence-electron chi connectivity index (χ2n) is 8.05. The topological polar surface area (TPSA) is 70.2 Å². The molecule has 0 amide bonds. The van der Waals surface area contributed by atoms with E-state index in [-0.39, 0.29) is 16.3 Å². The highest BCUT2D eigenvalue weighted by atomic mass is 35.5. The lowest BCUT2D eigenvalue weighted by Crippen LogP contribution is -2.53. The van der Waals surface area contributed by atoms with Crippen molar-refractivity contribution in [3.05, 3.63) is 52.9 Å². The minimum Gasteiger partial charge on any atom is -0.496 e. The van der Waals surface area contributed by atoms with Gasteiger partial charge in [-0.25, -0.2) is 4.39 Å². The quantitative estimate of drug-likeness (QED) is 0.412. The van der Waals surface area contributed by atoms with Gasteiger partial charge >= 0.3 is 6.18 Å². The molecule has 3 aromatic rings.